The molecule has 168 valence electrons. The van der Waals surface area contributed by atoms with Gasteiger partial charge in [0.05, 0.1) is 5.39 Å². The highest BCUT2D eigenvalue weighted by atomic mass is 35.5. The fourth-order valence-electron chi connectivity index (χ4n) is 3.53. The van der Waals surface area contributed by atoms with Crippen LogP contribution in [-0.4, -0.2) is 5.97 Å². The smallest absolute Gasteiger partial charge is 0.351 e. The molecule has 2 aromatic heterocycles. The number of halogens is 2. The van der Waals surface area contributed by atoms with Crippen LogP contribution >= 0.6 is 23.2 Å². The molecule has 0 amide bonds. The fraction of sp³-hybridized carbons (Fsp3) is 0.0385. The number of para-hydroxylation sites is 1. The second-order valence-corrected chi connectivity index (χ2v) is 8.41. The van der Waals surface area contributed by atoms with E-state index in [1.54, 1.807) is 61.5 Å². The van der Waals surface area contributed by atoms with Gasteiger partial charge in [0, 0.05) is 21.0 Å². The Hall–Kier alpha value is -3.87. The number of carbonyl (C=O) groups excluding carboxylic acids is 1. The molecule has 0 aliphatic heterocycles. The Balaban J connectivity index is 1.70. The zero-order valence-electron chi connectivity index (χ0n) is 17.6. The van der Waals surface area contributed by atoms with Gasteiger partial charge in [-0.05, 0) is 61.0 Å². The maximum Gasteiger partial charge on any atom is 0.351 e. The van der Waals surface area contributed by atoms with Crippen molar-refractivity contribution in [3.8, 4) is 17.1 Å². The highest BCUT2D eigenvalue weighted by Gasteiger charge is 2.24. The van der Waals surface area contributed by atoms with E-state index >= 15 is 0 Å². The van der Waals surface area contributed by atoms with Crippen molar-refractivity contribution in [3.05, 3.63) is 109 Å². The number of carbonyl (C=O) groups is 1. The van der Waals surface area contributed by atoms with Gasteiger partial charge in [-0.2, -0.15) is 0 Å². The molecule has 0 fully saturated rings. The van der Waals surface area contributed by atoms with Gasteiger partial charge in [0.25, 0.3) is 0 Å². The van der Waals surface area contributed by atoms with Crippen LogP contribution in [-0.2, 0) is 0 Å². The predicted octanol–water partition coefficient (Wildman–Crippen LogP) is 6.40. The summed E-state index contributed by atoms with van der Waals surface area (Å²) >= 11 is 12.2. The Morgan fingerprint density at radius 2 is 1.62 bits per heavy atom. The first-order chi connectivity index (χ1) is 16.3. The maximum absolute atomic E-state index is 13.4. The number of benzene rings is 3. The summed E-state index contributed by atoms with van der Waals surface area (Å²) < 4.78 is 16.7. The molecule has 0 radical (unpaired) electrons. The van der Waals surface area contributed by atoms with Crippen LogP contribution in [0, 0.1) is 6.92 Å². The van der Waals surface area contributed by atoms with Crippen LogP contribution in [0.5, 0.6) is 5.75 Å². The van der Waals surface area contributed by atoms with Crippen LogP contribution in [0.15, 0.2) is 85.2 Å². The van der Waals surface area contributed by atoms with Crippen molar-refractivity contribution >= 4 is 51.1 Å². The monoisotopic (exact) mass is 492 g/mol. The molecule has 0 spiro atoms. The summed E-state index contributed by atoms with van der Waals surface area (Å²) in [6, 6.07) is 17.6. The summed E-state index contributed by atoms with van der Waals surface area (Å²) in [5.41, 5.74) is -0.125. The van der Waals surface area contributed by atoms with E-state index in [1.807, 2.05) is 0 Å². The van der Waals surface area contributed by atoms with Gasteiger partial charge in [0.2, 0.25) is 11.2 Å². The third-order valence-corrected chi connectivity index (χ3v) is 5.95. The van der Waals surface area contributed by atoms with E-state index in [0.717, 1.165) is 0 Å². The molecule has 8 heteroatoms. The van der Waals surface area contributed by atoms with Gasteiger partial charge in [-0.3, -0.25) is 4.79 Å². The molecule has 0 saturated carbocycles. The SMILES string of the molecule is Cc1cc2oc(-c3ccc(Cl)cc3)c(OC(=O)c3cc4ccccc4oc3=O)c(=O)c2cc1Cl. The Labute approximate surface area is 201 Å². The molecule has 3 aromatic carbocycles. The van der Waals surface area contributed by atoms with E-state index in [2.05, 4.69) is 0 Å². The van der Waals surface area contributed by atoms with Crippen molar-refractivity contribution in [1.82, 2.24) is 0 Å². The number of esters is 1. The molecule has 0 aliphatic rings. The quantitative estimate of drug-likeness (QED) is 0.214. The molecule has 0 unspecified atom stereocenters. The Morgan fingerprint density at radius 1 is 0.882 bits per heavy atom. The van der Waals surface area contributed by atoms with Crippen LogP contribution in [0.3, 0.4) is 0 Å². The average molecular weight is 493 g/mol. The van der Waals surface area contributed by atoms with E-state index in [-0.39, 0.29) is 28.0 Å². The zero-order valence-corrected chi connectivity index (χ0v) is 19.1. The largest absolute Gasteiger partial charge is 0.452 e. The highest BCUT2D eigenvalue weighted by molar-refractivity contribution is 6.32. The normalized spacial score (nSPS) is 11.1. The van der Waals surface area contributed by atoms with Gasteiger partial charge < -0.3 is 13.6 Å². The minimum atomic E-state index is -1.06. The molecule has 0 saturated heterocycles. The van der Waals surface area contributed by atoms with Crippen molar-refractivity contribution in [1.29, 1.82) is 0 Å². The van der Waals surface area contributed by atoms with Gasteiger partial charge in [-0.1, -0.05) is 41.4 Å². The summed E-state index contributed by atoms with van der Waals surface area (Å²) in [7, 11) is 0. The van der Waals surface area contributed by atoms with E-state index < -0.39 is 17.0 Å². The number of rotatable bonds is 3. The summed E-state index contributed by atoms with van der Waals surface area (Å²) in [4.78, 5) is 38.8. The fourth-order valence-corrected chi connectivity index (χ4v) is 3.82. The summed E-state index contributed by atoms with van der Waals surface area (Å²) in [6.45, 7) is 1.77. The first kappa shape index (κ1) is 21.9. The van der Waals surface area contributed by atoms with Crippen LogP contribution in [0.25, 0.3) is 33.3 Å². The van der Waals surface area contributed by atoms with Gasteiger partial charge in [0.15, 0.2) is 5.76 Å². The number of fused-ring (bicyclic) bond motifs is 2. The molecule has 6 nitrogen and oxygen atoms in total. The van der Waals surface area contributed by atoms with Gasteiger partial charge >= 0.3 is 11.6 Å². The van der Waals surface area contributed by atoms with E-state index in [9.17, 15) is 14.4 Å². The lowest BCUT2D eigenvalue weighted by molar-refractivity contribution is 0.0727. The average Bonchev–Trinajstić information content (AvgIpc) is 2.82. The Kier molecular flexibility index (Phi) is 5.48. The number of hydrogen-bond donors (Lipinski definition) is 0. The first-order valence-electron chi connectivity index (χ1n) is 10.1. The lowest BCUT2D eigenvalue weighted by Gasteiger charge is -2.11. The second-order valence-electron chi connectivity index (χ2n) is 7.57. The minimum Gasteiger partial charge on any atom is -0.452 e. The summed E-state index contributed by atoms with van der Waals surface area (Å²) in [5, 5.41) is 1.48. The molecule has 0 N–H and O–H groups in total. The molecular weight excluding hydrogens is 479 g/mol. The van der Waals surface area contributed by atoms with Crippen LogP contribution in [0.4, 0.5) is 0 Å². The Bertz CT molecular complexity index is 1710. The van der Waals surface area contributed by atoms with Crippen molar-refractivity contribution in [3.63, 3.8) is 0 Å². The van der Waals surface area contributed by atoms with Gasteiger partial charge in [0.1, 0.15) is 16.7 Å². The van der Waals surface area contributed by atoms with Crippen LogP contribution in [0.1, 0.15) is 15.9 Å². The lowest BCUT2D eigenvalue weighted by Crippen LogP contribution is -2.22. The predicted molar refractivity (Wildman–Crippen MR) is 130 cm³/mol. The topological polar surface area (TPSA) is 86.7 Å². The third-order valence-electron chi connectivity index (χ3n) is 5.29. The molecule has 34 heavy (non-hydrogen) atoms. The molecular formula is C26H14Cl2O6. The van der Waals surface area contributed by atoms with Crippen molar-refractivity contribution in [2.24, 2.45) is 0 Å². The lowest BCUT2D eigenvalue weighted by atomic mass is 10.1. The van der Waals surface area contributed by atoms with E-state index in [4.69, 9.17) is 36.8 Å². The van der Waals surface area contributed by atoms with Crippen molar-refractivity contribution in [2.45, 2.75) is 6.92 Å². The Morgan fingerprint density at radius 3 is 2.38 bits per heavy atom. The number of hydrogen-bond acceptors (Lipinski definition) is 6. The summed E-state index contributed by atoms with van der Waals surface area (Å²) in [6.07, 6.45) is 0. The van der Waals surface area contributed by atoms with Crippen LogP contribution < -0.4 is 15.8 Å². The minimum absolute atomic E-state index is 0.00872. The highest BCUT2D eigenvalue weighted by Crippen LogP contribution is 2.33. The molecule has 5 aromatic rings. The summed E-state index contributed by atoms with van der Waals surface area (Å²) in [5.74, 6) is -1.43. The van der Waals surface area contributed by atoms with Crippen LogP contribution in [0.2, 0.25) is 10.0 Å². The standard InChI is InChI=1S/C26H14Cl2O6/c1-13-10-21-17(12-19(13)28)22(29)24(23(32-21)14-6-8-16(27)9-7-14)34-26(31)18-11-15-4-2-3-5-20(15)33-25(18)30/h2-12H,1H3. The zero-order chi connectivity index (χ0) is 24.0. The maximum atomic E-state index is 13.4. The molecule has 0 atom stereocenters. The van der Waals surface area contributed by atoms with Crippen molar-refractivity contribution in [2.75, 3.05) is 0 Å². The molecule has 2 heterocycles. The second kappa shape index (κ2) is 8.48. The number of aryl methyl sites for hydroxylation is 1. The van der Waals surface area contributed by atoms with E-state index in [0.29, 0.717) is 32.1 Å². The van der Waals surface area contributed by atoms with Gasteiger partial charge in [-0.15, -0.1) is 0 Å². The number of ether oxygens (including phenoxy) is 1. The molecule has 5 rings (SSSR count). The first-order valence-corrected chi connectivity index (χ1v) is 10.9. The van der Waals surface area contributed by atoms with Gasteiger partial charge in [-0.25, -0.2) is 9.59 Å². The van der Waals surface area contributed by atoms with Crippen molar-refractivity contribution < 1.29 is 18.4 Å². The molecule has 0 aliphatic carbocycles. The third kappa shape index (κ3) is 3.87. The van der Waals surface area contributed by atoms with E-state index in [1.165, 1.54) is 12.1 Å². The molecule has 0 bridgehead atoms.